The summed E-state index contributed by atoms with van der Waals surface area (Å²) in [5, 5.41) is 8.62. The van der Waals surface area contributed by atoms with E-state index in [0.29, 0.717) is 12.0 Å². The van der Waals surface area contributed by atoms with Gasteiger partial charge in [-0.1, -0.05) is 19.8 Å². The van der Waals surface area contributed by atoms with Gasteiger partial charge in [-0.05, 0) is 52.9 Å². The Morgan fingerprint density at radius 3 is 2.74 bits per heavy atom. The van der Waals surface area contributed by atoms with E-state index in [0.717, 1.165) is 10.2 Å². The second-order valence-electron chi connectivity index (χ2n) is 5.04. The average Bonchev–Trinajstić information content (AvgIpc) is 2.77. The minimum atomic E-state index is -3.64. The quantitative estimate of drug-likeness (QED) is 0.879. The SMILES string of the molecule is CCC1CCCC1Nc1ccc(S(N)(=O)=O)cc1Br. The Balaban J connectivity index is 2.18. The zero-order valence-corrected chi connectivity index (χ0v) is 13.3. The first-order chi connectivity index (χ1) is 8.91. The predicted molar refractivity (Wildman–Crippen MR) is 80.6 cm³/mol. The fourth-order valence-electron chi connectivity index (χ4n) is 2.71. The molecular formula is C13H19BrN2O2S. The molecule has 0 spiro atoms. The minimum absolute atomic E-state index is 0.128. The number of sulfonamides is 1. The van der Waals surface area contributed by atoms with Gasteiger partial charge in [-0.3, -0.25) is 0 Å². The summed E-state index contributed by atoms with van der Waals surface area (Å²) in [6.45, 7) is 2.21. The summed E-state index contributed by atoms with van der Waals surface area (Å²) in [6, 6.07) is 5.34. The first kappa shape index (κ1) is 14.8. The minimum Gasteiger partial charge on any atom is -0.381 e. The normalized spacial score (nSPS) is 23.5. The molecule has 1 aromatic rings. The van der Waals surface area contributed by atoms with Crippen LogP contribution in [0.3, 0.4) is 0 Å². The fourth-order valence-corrected chi connectivity index (χ4v) is 3.89. The van der Waals surface area contributed by atoms with Crippen molar-refractivity contribution >= 4 is 31.6 Å². The molecule has 0 heterocycles. The van der Waals surface area contributed by atoms with Crippen molar-refractivity contribution in [2.24, 2.45) is 11.1 Å². The number of rotatable bonds is 4. The van der Waals surface area contributed by atoms with Crippen molar-refractivity contribution in [3.63, 3.8) is 0 Å². The van der Waals surface area contributed by atoms with Crippen molar-refractivity contribution in [3.8, 4) is 0 Å². The van der Waals surface area contributed by atoms with E-state index in [2.05, 4.69) is 28.2 Å². The molecule has 106 valence electrons. The molecule has 1 saturated carbocycles. The summed E-state index contributed by atoms with van der Waals surface area (Å²) in [7, 11) is -3.64. The number of nitrogens with one attached hydrogen (secondary N) is 1. The van der Waals surface area contributed by atoms with Crippen LogP contribution in [0.2, 0.25) is 0 Å². The number of anilines is 1. The monoisotopic (exact) mass is 346 g/mol. The number of primary sulfonamides is 1. The van der Waals surface area contributed by atoms with Crippen molar-refractivity contribution in [2.45, 2.75) is 43.5 Å². The van der Waals surface area contributed by atoms with Crippen LogP contribution in [0.15, 0.2) is 27.6 Å². The van der Waals surface area contributed by atoms with Crippen molar-refractivity contribution in [2.75, 3.05) is 5.32 Å². The van der Waals surface area contributed by atoms with Crippen LogP contribution in [0.1, 0.15) is 32.6 Å². The molecule has 2 atom stereocenters. The first-order valence-corrected chi connectivity index (χ1v) is 8.84. The maximum Gasteiger partial charge on any atom is 0.238 e. The van der Waals surface area contributed by atoms with E-state index in [-0.39, 0.29) is 4.90 Å². The molecule has 0 aliphatic heterocycles. The molecule has 0 bridgehead atoms. The number of hydrogen-bond donors (Lipinski definition) is 2. The second-order valence-corrected chi connectivity index (χ2v) is 7.45. The fraction of sp³-hybridized carbons (Fsp3) is 0.538. The molecule has 2 rings (SSSR count). The highest BCUT2D eigenvalue weighted by Gasteiger charge is 2.26. The van der Waals surface area contributed by atoms with Crippen LogP contribution in [0.4, 0.5) is 5.69 Å². The van der Waals surface area contributed by atoms with Crippen LogP contribution in [0, 0.1) is 5.92 Å². The molecule has 1 aliphatic carbocycles. The lowest BCUT2D eigenvalue weighted by molar-refractivity contribution is 0.489. The molecule has 1 aliphatic rings. The Hall–Kier alpha value is -0.590. The third-order valence-corrected chi connectivity index (χ3v) is 5.36. The maximum absolute atomic E-state index is 11.3. The van der Waals surface area contributed by atoms with Crippen LogP contribution in [0.5, 0.6) is 0 Å². The Bertz CT molecular complexity index is 560. The third-order valence-electron chi connectivity index (χ3n) is 3.79. The van der Waals surface area contributed by atoms with Gasteiger partial charge in [0.05, 0.1) is 4.90 Å². The van der Waals surface area contributed by atoms with E-state index in [1.165, 1.54) is 25.7 Å². The van der Waals surface area contributed by atoms with E-state index in [9.17, 15) is 8.42 Å². The second kappa shape index (κ2) is 5.81. The lowest BCUT2D eigenvalue weighted by Gasteiger charge is -2.21. The highest BCUT2D eigenvalue weighted by molar-refractivity contribution is 9.10. The molecule has 6 heteroatoms. The van der Waals surface area contributed by atoms with Gasteiger partial charge in [0, 0.05) is 16.2 Å². The van der Waals surface area contributed by atoms with E-state index in [1.807, 2.05) is 0 Å². The third kappa shape index (κ3) is 3.49. The average molecular weight is 347 g/mol. The molecule has 1 fully saturated rings. The van der Waals surface area contributed by atoms with Crippen molar-refractivity contribution in [3.05, 3.63) is 22.7 Å². The van der Waals surface area contributed by atoms with Crippen molar-refractivity contribution in [1.82, 2.24) is 0 Å². The van der Waals surface area contributed by atoms with Crippen LogP contribution in [0.25, 0.3) is 0 Å². The summed E-state index contributed by atoms with van der Waals surface area (Å²) in [4.78, 5) is 0.128. The molecule has 4 nitrogen and oxygen atoms in total. The Morgan fingerprint density at radius 2 is 2.16 bits per heavy atom. The molecule has 19 heavy (non-hydrogen) atoms. The number of benzene rings is 1. The van der Waals surface area contributed by atoms with Crippen LogP contribution in [-0.2, 0) is 10.0 Å². The van der Waals surface area contributed by atoms with Crippen LogP contribution < -0.4 is 10.5 Å². The molecule has 1 aromatic carbocycles. The first-order valence-electron chi connectivity index (χ1n) is 6.50. The highest BCUT2D eigenvalue weighted by Crippen LogP contribution is 2.33. The van der Waals surface area contributed by atoms with Gasteiger partial charge in [0.2, 0.25) is 10.0 Å². The predicted octanol–water partition coefficient (Wildman–Crippen LogP) is 3.09. The molecule has 0 radical (unpaired) electrons. The lowest BCUT2D eigenvalue weighted by atomic mass is 10.0. The molecule has 0 amide bonds. The Kier molecular flexibility index (Phi) is 4.53. The van der Waals surface area contributed by atoms with Crippen molar-refractivity contribution in [1.29, 1.82) is 0 Å². The van der Waals surface area contributed by atoms with Crippen LogP contribution in [-0.4, -0.2) is 14.5 Å². The summed E-state index contributed by atoms with van der Waals surface area (Å²) in [5.74, 6) is 0.699. The summed E-state index contributed by atoms with van der Waals surface area (Å²) in [5.41, 5.74) is 0.928. The van der Waals surface area contributed by atoms with Gasteiger partial charge in [-0.25, -0.2) is 13.6 Å². The van der Waals surface area contributed by atoms with Gasteiger partial charge in [0.25, 0.3) is 0 Å². The van der Waals surface area contributed by atoms with Crippen LogP contribution >= 0.6 is 15.9 Å². The molecule has 2 unspecified atom stereocenters. The van der Waals surface area contributed by atoms with Gasteiger partial charge in [0.1, 0.15) is 0 Å². The van der Waals surface area contributed by atoms with Crippen molar-refractivity contribution < 1.29 is 8.42 Å². The largest absolute Gasteiger partial charge is 0.381 e. The zero-order chi connectivity index (χ0) is 14.0. The van der Waals surface area contributed by atoms with E-state index in [1.54, 1.807) is 18.2 Å². The smallest absolute Gasteiger partial charge is 0.238 e. The van der Waals surface area contributed by atoms with Gasteiger partial charge < -0.3 is 5.32 Å². The van der Waals surface area contributed by atoms with Gasteiger partial charge in [-0.2, -0.15) is 0 Å². The number of halogens is 1. The molecular weight excluding hydrogens is 328 g/mol. The zero-order valence-electron chi connectivity index (χ0n) is 10.9. The Labute approximate surface area is 122 Å². The maximum atomic E-state index is 11.3. The summed E-state index contributed by atoms with van der Waals surface area (Å²) >= 11 is 3.41. The topological polar surface area (TPSA) is 72.2 Å². The van der Waals surface area contributed by atoms with Gasteiger partial charge >= 0.3 is 0 Å². The Morgan fingerprint density at radius 1 is 1.42 bits per heavy atom. The highest BCUT2D eigenvalue weighted by atomic mass is 79.9. The van der Waals surface area contributed by atoms with Gasteiger partial charge in [0.15, 0.2) is 0 Å². The number of nitrogens with two attached hydrogens (primary N) is 1. The summed E-state index contributed by atoms with van der Waals surface area (Å²) in [6.07, 6.45) is 4.86. The molecule has 0 aromatic heterocycles. The molecule has 3 N–H and O–H groups in total. The van der Waals surface area contributed by atoms with Gasteiger partial charge in [-0.15, -0.1) is 0 Å². The standard InChI is InChI=1S/C13H19BrN2O2S/c1-2-9-4-3-5-12(9)16-13-7-6-10(8-11(13)14)19(15,17)18/h6-9,12,16H,2-5H2,1H3,(H2,15,17,18). The lowest BCUT2D eigenvalue weighted by Crippen LogP contribution is -2.23. The van der Waals surface area contributed by atoms with E-state index in [4.69, 9.17) is 5.14 Å². The summed E-state index contributed by atoms with van der Waals surface area (Å²) < 4.78 is 23.3. The van der Waals surface area contributed by atoms with E-state index >= 15 is 0 Å². The van der Waals surface area contributed by atoms with E-state index < -0.39 is 10.0 Å². The molecule has 0 saturated heterocycles. The number of hydrogen-bond acceptors (Lipinski definition) is 3.